The van der Waals surface area contributed by atoms with Gasteiger partial charge in [0.1, 0.15) is 24.9 Å². The highest BCUT2D eigenvalue weighted by Gasteiger charge is 2.28. The lowest BCUT2D eigenvalue weighted by atomic mass is 10.0. The maximum atomic E-state index is 12.8. The fourth-order valence-electron chi connectivity index (χ4n) is 3.52. The number of rotatable bonds is 8. The molecule has 0 saturated carbocycles. The van der Waals surface area contributed by atoms with Crippen LogP contribution in [-0.4, -0.2) is 62.5 Å². The minimum atomic E-state index is -3.61. The summed E-state index contributed by atoms with van der Waals surface area (Å²) < 4.78 is 39.0. The summed E-state index contributed by atoms with van der Waals surface area (Å²) in [5.74, 6) is 0.626. The van der Waals surface area contributed by atoms with Gasteiger partial charge in [-0.15, -0.1) is 0 Å². The van der Waals surface area contributed by atoms with Gasteiger partial charge in [-0.3, -0.25) is 0 Å². The van der Waals surface area contributed by atoms with Crippen LogP contribution >= 0.6 is 0 Å². The number of quaternary nitrogens is 1. The number of hydrogen-bond acceptors (Lipinski definition) is 5. The molecule has 2 N–H and O–H groups in total. The minimum absolute atomic E-state index is 0.0168. The number of morpholine rings is 1. The fraction of sp³-hybridized carbons (Fsp3) is 0.429. The van der Waals surface area contributed by atoms with Crippen LogP contribution in [0.3, 0.4) is 0 Å². The van der Waals surface area contributed by atoms with Gasteiger partial charge in [0.25, 0.3) is 0 Å². The molecule has 0 radical (unpaired) electrons. The molecule has 0 spiro atoms. The van der Waals surface area contributed by atoms with Crippen molar-refractivity contribution in [2.24, 2.45) is 0 Å². The lowest BCUT2D eigenvalue weighted by Gasteiger charge is -2.32. The lowest BCUT2D eigenvalue weighted by molar-refractivity contribution is -0.937. The van der Waals surface area contributed by atoms with Gasteiger partial charge >= 0.3 is 0 Å². The monoisotopic (exact) mass is 420 g/mol. The van der Waals surface area contributed by atoms with Crippen LogP contribution in [0.1, 0.15) is 11.6 Å². The van der Waals surface area contributed by atoms with Crippen LogP contribution in [0.15, 0.2) is 53.4 Å². The van der Waals surface area contributed by atoms with Gasteiger partial charge in [0.2, 0.25) is 10.0 Å². The van der Waals surface area contributed by atoms with Crippen molar-refractivity contribution >= 4 is 15.7 Å². The van der Waals surface area contributed by atoms with Crippen molar-refractivity contribution in [3.63, 3.8) is 0 Å². The van der Waals surface area contributed by atoms with Crippen molar-refractivity contribution in [3.8, 4) is 5.75 Å². The van der Waals surface area contributed by atoms with Crippen LogP contribution in [0.4, 0.5) is 5.69 Å². The third kappa shape index (κ3) is 5.48. The molecule has 0 amide bonds. The number of sulfonamides is 1. The Morgan fingerprint density at radius 3 is 2.24 bits per heavy atom. The van der Waals surface area contributed by atoms with Gasteiger partial charge < -0.3 is 19.3 Å². The Balaban J connectivity index is 1.78. The summed E-state index contributed by atoms with van der Waals surface area (Å²) in [6.07, 6.45) is 0. The molecule has 1 heterocycles. The first-order valence-corrected chi connectivity index (χ1v) is 11.2. The summed E-state index contributed by atoms with van der Waals surface area (Å²) in [5.41, 5.74) is 2.23. The molecule has 3 rings (SSSR count). The van der Waals surface area contributed by atoms with E-state index in [1.165, 1.54) is 4.90 Å². The maximum absolute atomic E-state index is 12.8. The smallest absolute Gasteiger partial charge is 0.240 e. The molecule has 29 heavy (non-hydrogen) atoms. The largest absolute Gasteiger partial charge is 0.497 e. The topological polar surface area (TPSA) is 72.3 Å². The molecular formula is C21H30N3O4S+. The molecule has 158 valence electrons. The van der Waals surface area contributed by atoms with Crippen molar-refractivity contribution in [2.75, 3.05) is 59.0 Å². The zero-order valence-electron chi connectivity index (χ0n) is 17.2. The SMILES string of the molecule is COc1ccc(S(=O)(=O)NC[C@H](c2ccc(N(C)C)cc2)[NH+]2CCOCC2)cc1. The first-order valence-electron chi connectivity index (χ1n) is 9.74. The number of nitrogens with zero attached hydrogens (tertiary/aromatic N) is 1. The quantitative estimate of drug-likeness (QED) is 0.658. The normalized spacial score (nSPS) is 16.4. The van der Waals surface area contributed by atoms with E-state index in [0.717, 1.165) is 24.3 Å². The zero-order valence-corrected chi connectivity index (χ0v) is 18.0. The molecule has 0 bridgehead atoms. The predicted octanol–water partition coefficient (Wildman–Crippen LogP) is 0.696. The Kier molecular flexibility index (Phi) is 7.13. The molecule has 1 saturated heterocycles. The van der Waals surface area contributed by atoms with E-state index in [9.17, 15) is 8.42 Å². The van der Waals surface area contributed by atoms with E-state index in [0.29, 0.717) is 25.5 Å². The van der Waals surface area contributed by atoms with Gasteiger partial charge in [-0.2, -0.15) is 0 Å². The summed E-state index contributed by atoms with van der Waals surface area (Å²) >= 11 is 0. The molecular weight excluding hydrogens is 390 g/mol. The number of anilines is 1. The number of nitrogens with one attached hydrogen (secondary N) is 2. The van der Waals surface area contributed by atoms with E-state index in [1.54, 1.807) is 31.4 Å². The lowest BCUT2D eigenvalue weighted by Crippen LogP contribution is -3.15. The Bertz CT molecular complexity index is 877. The summed E-state index contributed by atoms with van der Waals surface area (Å²) in [5, 5.41) is 0. The summed E-state index contributed by atoms with van der Waals surface area (Å²) in [4.78, 5) is 3.61. The third-order valence-electron chi connectivity index (χ3n) is 5.29. The first-order chi connectivity index (χ1) is 13.9. The van der Waals surface area contributed by atoms with Crippen LogP contribution in [0.5, 0.6) is 5.75 Å². The highest BCUT2D eigenvalue weighted by atomic mass is 32.2. The molecule has 7 nitrogen and oxygen atoms in total. The number of ether oxygens (including phenoxy) is 2. The van der Waals surface area contributed by atoms with E-state index in [-0.39, 0.29) is 10.9 Å². The van der Waals surface area contributed by atoms with Crippen molar-refractivity contribution in [2.45, 2.75) is 10.9 Å². The molecule has 1 aliphatic rings. The molecule has 2 aromatic rings. The van der Waals surface area contributed by atoms with E-state index < -0.39 is 10.0 Å². The molecule has 2 aromatic carbocycles. The number of methoxy groups -OCH3 is 1. The third-order valence-corrected chi connectivity index (χ3v) is 6.73. The van der Waals surface area contributed by atoms with Gasteiger partial charge in [-0.25, -0.2) is 13.1 Å². The second-order valence-electron chi connectivity index (χ2n) is 7.34. The Hall–Kier alpha value is -2.13. The molecule has 8 heteroatoms. The van der Waals surface area contributed by atoms with Crippen molar-refractivity contribution < 1.29 is 22.8 Å². The van der Waals surface area contributed by atoms with Crippen LogP contribution < -0.4 is 19.3 Å². The average Bonchev–Trinajstić information content (AvgIpc) is 2.75. The van der Waals surface area contributed by atoms with Gasteiger partial charge in [0.15, 0.2) is 0 Å². The highest BCUT2D eigenvalue weighted by molar-refractivity contribution is 7.89. The number of benzene rings is 2. The molecule has 1 fully saturated rings. The van der Waals surface area contributed by atoms with Crippen LogP contribution in [0.2, 0.25) is 0 Å². The summed E-state index contributed by atoms with van der Waals surface area (Å²) in [6, 6.07) is 14.8. The van der Waals surface area contributed by atoms with E-state index >= 15 is 0 Å². The Labute approximate surface area is 173 Å². The summed E-state index contributed by atoms with van der Waals surface area (Å²) in [6.45, 7) is 3.40. The van der Waals surface area contributed by atoms with Crippen molar-refractivity contribution in [1.82, 2.24) is 4.72 Å². The average molecular weight is 421 g/mol. The standard InChI is InChI=1S/C21H29N3O4S/c1-23(2)18-6-4-17(5-7-18)21(24-12-14-28-15-13-24)16-22-29(25,26)20-10-8-19(27-3)9-11-20/h4-11,21-22H,12-16H2,1-3H3/p+1/t21-/m1/s1. The maximum Gasteiger partial charge on any atom is 0.240 e. The fourth-order valence-corrected chi connectivity index (χ4v) is 4.56. The van der Waals surface area contributed by atoms with E-state index in [4.69, 9.17) is 9.47 Å². The molecule has 1 atom stereocenters. The second-order valence-corrected chi connectivity index (χ2v) is 9.10. The van der Waals surface area contributed by atoms with Crippen molar-refractivity contribution in [1.29, 1.82) is 0 Å². The van der Waals surface area contributed by atoms with Crippen molar-refractivity contribution in [3.05, 3.63) is 54.1 Å². The molecule has 0 aromatic heterocycles. The minimum Gasteiger partial charge on any atom is -0.497 e. The molecule has 0 unspecified atom stereocenters. The van der Waals surface area contributed by atoms with E-state index in [2.05, 4.69) is 29.0 Å². The van der Waals surface area contributed by atoms with Crippen LogP contribution in [-0.2, 0) is 14.8 Å². The van der Waals surface area contributed by atoms with E-state index in [1.807, 2.05) is 19.0 Å². The van der Waals surface area contributed by atoms with Gasteiger partial charge in [-0.1, -0.05) is 12.1 Å². The van der Waals surface area contributed by atoms with Gasteiger partial charge in [0, 0.05) is 25.3 Å². The first kappa shape index (κ1) is 21.6. The number of hydrogen-bond donors (Lipinski definition) is 2. The molecule has 1 aliphatic heterocycles. The zero-order chi connectivity index (χ0) is 20.9. The highest BCUT2D eigenvalue weighted by Crippen LogP contribution is 2.18. The summed E-state index contributed by atoms with van der Waals surface area (Å²) in [7, 11) is 1.95. The Morgan fingerprint density at radius 2 is 1.69 bits per heavy atom. The van der Waals surface area contributed by atoms with Crippen LogP contribution in [0, 0.1) is 0 Å². The van der Waals surface area contributed by atoms with Crippen LogP contribution in [0.25, 0.3) is 0 Å². The van der Waals surface area contributed by atoms with Gasteiger partial charge in [-0.05, 0) is 36.4 Å². The second kappa shape index (κ2) is 9.58. The predicted molar refractivity (Wildman–Crippen MR) is 113 cm³/mol. The molecule has 0 aliphatic carbocycles. The Morgan fingerprint density at radius 1 is 1.07 bits per heavy atom. The van der Waals surface area contributed by atoms with Gasteiger partial charge in [0.05, 0.1) is 31.8 Å².